The Morgan fingerprint density at radius 2 is 2.19 bits per heavy atom. The largest absolute Gasteiger partial charge is 0.461 e. The minimum atomic E-state index is 0.311. The average molecular weight is 287 g/mol. The fraction of sp³-hybridized carbons (Fsp3) is 0.556. The molecule has 1 N–H and O–H groups in total. The van der Waals surface area contributed by atoms with Crippen LogP contribution in [0, 0.1) is 5.92 Å². The van der Waals surface area contributed by atoms with E-state index in [0.29, 0.717) is 12.5 Å². The summed E-state index contributed by atoms with van der Waals surface area (Å²) in [4.78, 5) is 2.45. The summed E-state index contributed by atoms with van der Waals surface area (Å²) in [6, 6.07) is 8.36. The van der Waals surface area contributed by atoms with Gasteiger partial charge < -0.3 is 9.52 Å². The predicted octanol–water partition coefficient (Wildman–Crippen LogP) is 3.59. The van der Waals surface area contributed by atoms with E-state index in [1.807, 2.05) is 6.07 Å². The minimum absolute atomic E-state index is 0.311. The van der Waals surface area contributed by atoms with Crippen LogP contribution in [-0.2, 0) is 13.0 Å². The van der Waals surface area contributed by atoms with Gasteiger partial charge in [0.25, 0.3) is 0 Å². The molecule has 2 aromatic rings. The number of nitrogens with zero attached hydrogens (tertiary/aromatic N) is 1. The highest BCUT2D eigenvalue weighted by atomic mass is 16.3. The second kappa shape index (κ2) is 6.63. The van der Waals surface area contributed by atoms with E-state index in [2.05, 4.69) is 30.0 Å². The highest BCUT2D eigenvalue weighted by Crippen LogP contribution is 2.30. The normalized spacial score (nSPS) is 19.6. The van der Waals surface area contributed by atoms with Crippen molar-refractivity contribution in [2.45, 2.75) is 39.2 Å². The molecule has 1 aliphatic heterocycles. The highest BCUT2D eigenvalue weighted by molar-refractivity contribution is 5.82. The topological polar surface area (TPSA) is 36.6 Å². The number of aliphatic hydroxyl groups excluding tert-OH is 1. The van der Waals surface area contributed by atoms with Crippen molar-refractivity contribution in [1.82, 2.24) is 4.90 Å². The molecule has 1 unspecified atom stereocenters. The van der Waals surface area contributed by atoms with E-state index in [1.54, 1.807) is 0 Å². The van der Waals surface area contributed by atoms with Gasteiger partial charge in [-0.15, -0.1) is 0 Å². The number of hydrogen-bond acceptors (Lipinski definition) is 3. The van der Waals surface area contributed by atoms with E-state index in [-0.39, 0.29) is 0 Å². The number of likely N-dealkylation sites (tertiary alicyclic amines) is 1. The Bertz CT molecular complexity index is 590. The molecule has 1 aliphatic rings. The first-order chi connectivity index (χ1) is 10.3. The molecule has 0 bridgehead atoms. The highest BCUT2D eigenvalue weighted by Gasteiger charge is 2.24. The van der Waals surface area contributed by atoms with E-state index in [0.717, 1.165) is 43.8 Å². The number of hydrogen-bond donors (Lipinski definition) is 1. The SMILES string of the molecule is CCCCc1oc2ccccc2c1CN1CCC(CO)C1. The molecule has 0 spiro atoms. The van der Waals surface area contributed by atoms with Gasteiger partial charge in [-0.25, -0.2) is 0 Å². The van der Waals surface area contributed by atoms with Crippen molar-refractivity contribution in [3.8, 4) is 0 Å². The summed E-state index contributed by atoms with van der Waals surface area (Å²) in [6.07, 6.45) is 4.49. The molecule has 0 amide bonds. The Hall–Kier alpha value is -1.32. The van der Waals surface area contributed by atoms with Crippen molar-refractivity contribution in [1.29, 1.82) is 0 Å². The molecule has 1 fully saturated rings. The van der Waals surface area contributed by atoms with Gasteiger partial charge in [-0.1, -0.05) is 31.5 Å². The summed E-state index contributed by atoms with van der Waals surface area (Å²) in [6.45, 7) is 5.56. The standard InChI is InChI=1S/C18H25NO2/c1-2-3-7-18-16(12-19-10-9-14(11-19)13-20)15-6-4-5-8-17(15)21-18/h4-6,8,14,20H,2-3,7,9-13H2,1H3. The van der Waals surface area contributed by atoms with Gasteiger partial charge in [-0.3, -0.25) is 4.90 Å². The second-order valence-electron chi connectivity index (χ2n) is 6.18. The van der Waals surface area contributed by atoms with Crippen molar-refractivity contribution in [3.05, 3.63) is 35.6 Å². The van der Waals surface area contributed by atoms with Gasteiger partial charge in [0.05, 0.1) is 0 Å². The smallest absolute Gasteiger partial charge is 0.134 e. The van der Waals surface area contributed by atoms with Crippen molar-refractivity contribution >= 4 is 11.0 Å². The van der Waals surface area contributed by atoms with Crippen LogP contribution in [0.15, 0.2) is 28.7 Å². The van der Waals surface area contributed by atoms with Crippen LogP contribution in [0.5, 0.6) is 0 Å². The molecule has 1 aromatic heterocycles. The Balaban J connectivity index is 1.84. The van der Waals surface area contributed by atoms with E-state index in [4.69, 9.17) is 4.42 Å². The number of aliphatic hydroxyl groups is 1. The summed E-state index contributed by atoms with van der Waals surface area (Å²) in [5, 5.41) is 10.6. The molecule has 1 aromatic carbocycles. The molecule has 3 rings (SSSR count). The average Bonchev–Trinajstić information content (AvgIpc) is 3.11. The lowest BCUT2D eigenvalue weighted by Gasteiger charge is -2.15. The zero-order valence-electron chi connectivity index (χ0n) is 12.8. The molecule has 1 saturated heterocycles. The number of furan rings is 1. The summed E-state index contributed by atoms with van der Waals surface area (Å²) in [5.41, 5.74) is 2.37. The number of aryl methyl sites for hydroxylation is 1. The molecule has 1 atom stereocenters. The molecule has 0 saturated carbocycles. The number of benzene rings is 1. The lowest BCUT2D eigenvalue weighted by atomic mass is 10.1. The monoisotopic (exact) mass is 287 g/mol. The van der Waals surface area contributed by atoms with Crippen molar-refractivity contribution in [2.24, 2.45) is 5.92 Å². The van der Waals surface area contributed by atoms with Gasteiger partial charge in [0.1, 0.15) is 11.3 Å². The van der Waals surface area contributed by atoms with Crippen LogP contribution in [0.3, 0.4) is 0 Å². The first-order valence-electron chi connectivity index (χ1n) is 8.14. The Morgan fingerprint density at radius 3 is 2.95 bits per heavy atom. The van der Waals surface area contributed by atoms with Crippen LogP contribution in [0.25, 0.3) is 11.0 Å². The lowest BCUT2D eigenvalue weighted by Crippen LogP contribution is -2.21. The zero-order chi connectivity index (χ0) is 14.7. The predicted molar refractivity (Wildman–Crippen MR) is 85.3 cm³/mol. The maximum Gasteiger partial charge on any atom is 0.134 e. The van der Waals surface area contributed by atoms with E-state index in [1.165, 1.54) is 23.8 Å². The van der Waals surface area contributed by atoms with Crippen molar-refractivity contribution in [3.63, 3.8) is 0 Å². The van der Waals surface area contributed by atoms with Gasteiger partial charge in [0.2, 0.25) is 0 Å². The first-order valence-corrected chi connectivity index (χ1v) is 8.14. The number of unbranched alkanes of at least 4 members (excludes halogenated alkanes) is 1. The third kappa shape index (κ3) is 3.14. The van der Waals surface area contributed by atoms with Crippen molar-refractivity contribution < 1.29 is 9.52 Å². The summed E-state index contributed by atoms with van der Waals surface area (Å²) >= 11 is 0. The van der Waals surface area contributed by atoms with Gasteiger partial charge in [0.15, 0.2) is 0 Å². The molecule has 0 aliphatic carbocycles. The molecular weight excluding hydrogens is 262 g/mol. The number of fused-ring (bicyclic) bond motifs is 1. The Morgan fingerprint density at radius 1 is 1.33 bits per heavy atom. The van der Waals surface area contributed by atoms with Crippen LogP contribution in [0.1, 0.15) is 37.5 Å². The number of rotatable bonds is 6. The van der Waals surface area contributed by atoms with E-state index < -0.39 is 0 Å². The quantitative estimate of drug-likeness (QED) is 0.882. The second-order valence-corrected chi connectivity index (χ2v) is 6.18. The van der Waals surface area contributed by atoms with E-state index >= 15 is 0 Å². The minimum Gasteiger partial charge on any atom is -0.461 e. The van der Waals surface area contributed by atoms with Gasteiger partial charge in [-0.05, 0) is 31.4 Å². The molecular formula is C18H25NO2. The summed E-state index contributed by atoms with van der Waals surface area (Å²) in [5.74, 6) is 1.60. The van der Waals surface area contributed by atoms with Gasteiger partial charge in [-0.2, -0.15) is 0 Å². The summed E-state index contributed by atoms with van der Waals surface area (Å²) in [7, 11) is 0. The summed E-state index contributed by atoms with van der Waals surface area (Å²) < 4.78 is 6.09. The lowest BCUT2D eigenvalue weighted by molar-refractivity contribution is 0.220. The molecule has 3 nitrogen and oxygen atoms in total. The zero-order valence-corrected chi connectivity index (χ0v) is 12.8. The van der Waals surface area contributed by atoms with Crippen LogP contribution < -0.4 is 0 Å². The van der Waals surface area contributed by atoms with Crippen LogP contribution in [-0.4, -0.2) is 29.7 Å². The molecule has 0 radical (unpaired) electrons. The molecule has 2 heterocycles. The maximum absolute atomic E-state index is 9.31. The van der Waals surface area contributed by atoms with Crippen LogP contribution >= 0.6 is 0 Å². The number of para-hydroxylation sites is 1. The van der Waals surface area contributed by atoms with Crippen molar-refractivity contribution in [2.75, 3.05) is 19.7 Å². The molecule has 21 heavy (non-hydrogen) atoms. The van der Waals surface area contributed by atoms with Crippen LogP contribution in [0.4, 0.5) is 0 Å². The fourth-order valence-electron chi connectivity index (χ4n) is 3.29. The van der Waals surface area contributed by atoms with Gasteiger partial charge >= 0.3 is 0 Å². The molecule has 3 heteroatoms. The third-order valence-corrected chi connectivity index (χ3v) is 4.55. The van der Waals surface area contributed by atoms with E-state index in [9.17, 15) is 5.11 Å². The van der Waals surface area contributed by atoms with Gasteiger partial charge in [0, 0.05) is 37.1 Å². The molecule has 114 valence electrons. The Kier molecular flexibility index (Phi) is 4.61. The van der Waals surface area contributed by atoms with Crippen LogP contribution in [0.2, 0.25) is 0 Å². The fourth-order valence-corrected chi connectivity index (χ4v) is 3.29. The Labute approximate surface area is 126 Å². The first kappa shape index (κ1) is 14.6. The maximum atomic E-state index is 9.31. The third-order valence-electron chi connectivity index (χ3n) is 4.55.